The highest BCUT2D eigenvalue weighted by Crippen LogP contribution is 2.36. The number of esters is 1. The number of hydrogen-bond donors (Lipinski definition) is 0. The van der Waals surface area contributed by atoms with E-state index < -0.39 is 0 Å². The average molecular weight is 140 g/mol. The Hall–Kier alpha value is -0.790. The molecule has 1 aliphatic carbocycles. The molecular weight excluding hydrogens is 128 g/mol. The third kappa shape index (κ3) is 1.38. The van der Waals surface area contributed by atoms with E-state index in [-0.39, 0.29) is 5.97 Å². The monoisotopic (exact) mass is 140 g/mol. The van der Waals surface area contributed by atoms with Crippen LogP contribution in [0.15, 0.2) is 11.6 Å². The molecule has 2 heteroatoms. The van der Waals surface area contributed by atoms with Gasteiger partial charge in [0.25, 0.3) is 0 Å². The Morgan fingerprint density at radius 1 is 1.60 bits per heavy atom. The zero-order valence-electron chi connectivity index (χ0n) is 6.39. The first-order chi connectivity index (χ1) is 4.79. The molecule has 0 N–H and O–H groups in total. The first-order valence-electron chi connectivity index (χ1n) is 3.54. The summed E-state index contributed by atoms with van der Waals surface area (Å²) in [5.41, 5.74) is 0.850. The zero-order valence-corrected chi connectivity index (χ0v) is 6.39. The molecule has 0 amide bonds. The van der Waals surface area contributed by atoms with Gasteiger partial charge >= 0.3 is 5.97 Å². The Morgan fingerprint density at radius 3 is 2.50 bits per heavy atom. The molecule has 0 bridgehead atoms. The van der Waals surface area contributed by atoms with Gasteiger partial charge in [0.1, 0.15) is 0 Å². The van der Waals surface area contributed by atoms with Gasteiger partial charge in [-0.25, -0.2) is 4.79 Å². The van der Waals surface area contributed by atoms with Gasteiger partial charge in [-0.3, -0.25) is 0 Å². The fourth-order valence-corrected chi connectivity index (χ4v) is 1.03. The van der Waals surface area contributed by atoms with E-state index in [9.17, 15) is 4.79 Å². The first-order valence-corrected chi connectivity index (χ1v) is 3.54. The number of ether oxygens (including phenoxy) is 1. The Kier molecular flexibility index (Phi) is 2.10. The molecule has 0 saturated heterocycles. The minimum atomic E-state index is -0.162. The van der Waals surface area contributed by atoms with E-state index in [1.54, 1.807) is 0 Å². The van der Waals surface area contributed by atoms with Crippen molar-refractivity contribution in [1.82, 2.24) is 0 Å². The molecule has 0 heterocycles. The molecule has 1 rings (SSSR count). The molecule has 0 aliphatic heterocycles. The summed E-state index contributed by atoms with van der Waals surface area (Å²) in [6.45, 7) is 1.88. The second kappa shape index (κ2) is 2.86. The second-order valence-electron chi connectivity index (χ2n) is 2.51. The minimum Gasteiger partial charge on any atom is -0.466 e. The lowest BCUT2D eigenvalue weighted by Gasteiger charge is -2.00. The van der Waals surface area contributed by atoms with Crippen molar-refractivity contribution in [2.24, 2.45) is 5.92 Å². The van der Waals surface area contributed by atoms with Gasteiger partial charge in [-0.05, 0) is 25.7 Å². The van der Waals surface area contributed by atoms with E-state index in [1.165, 1.54) is 7.11 Å². The third-order valence-corrected chi connectivity index (χ3v) is 1.75. The van der Waals surface area contributed by atoms with Crippen LogP contribution in [0.5, 0.6) is 0 Å². The molecule has 1 fully saturated rings. The highest BCUT2D eigenvalue weighted by molar-refractivity contribution is 5.89. The van der Waals surface area contributed by atoms with Gasteiger partial charge in [0.2, 0.25) is 0 Å². The lowest BCUT2D eigenvalue weighted by atomic mass is 10.1. The van der Waals surface area contributed by atoms with Gasteiger partial charge in [-0.1, -0.05) is 6.08 Å². The summed E-state index contributed by atoms with van der Waals surface area (Å²) in [6.07, 6.45) is 4.15. The Bertz CT molecular complexity index is 166. The van der Waals surface area contributed by atoms with Gasteiger partial charge in [-0.2, -0.15) is 0 Å². The Morgan fingerprint density at radius 2 is 2.20 bits per heavy atom. The summed E-state index contributed by atoms with van der Waals surface area (Å²) >= 11 is 0. The molecule has 10 heavy (non-hydrogen) atoms. The van der Waals surface area contributed by atoms with Crippen molar-refractivity contribution >= 4 is 5.97 Å². The van der Waals surface area contributed by atoms with Gasteiger partial charge < -0.3 is 4.74 Å². The molecule has 56 valence electrons. The van der Waals surface area contributed by atoms with Gasteiger partial charge in [0.05, 0.1) is 7.11 Å². The van der Waals surface area contributed by atoms with Crippen LogP contribution in [-0.4, -0.2) is 13.1 Å². The van der Waals surface area contributed by atoms with E-state index in [0.29, 0.717) is 5.92 Å². The average Bonchev–Trinajstić information content (AvgIpc) is 2.73. The normalized spacial score (nSPS) is 18.8. The van der Waals surface area contributed by atoms with Crippen molar-refractivity contribution in [1.29, 1.82) is 0 Å². The largest absolute Gasteiger partial charge is 0.466 e. The summed E-state index contributed by atoms with van der Waals surface area (Å²) in [4.78, 5) is 10.9. The Balaban J connectivity index is 2.56. The molecule has 1 aliphatic rings. The molecule has 0 atom stereocenters. The van der Waals surface area contributed by atoms with Crippen molar-refractivity contribution in [2.45, 2.75) is 19.8 Å². The summed E-state index contributed by atoms with van der Waals surface area (Å²) in [5, 5.41) is 0. The van der Waals surface area contributed by atoms with E-state index in [4.69, 9.17) is 0 Å². The van der Waals surface area contributed by atoms with Crippen molar-refractivity contribution in [3.05, 3.63) is 11.6 Å². The number of allylic oxidation sites excluding steroid dienone is 1. The van der Waals surface area contributed by atoms with Gasteiger partial charge in [0.15, 0.2) is 0 Å². The van der Waals surface area contributed by atoms with Crippen LogP contribution < -0.4 is 0 Å². The molecular formula is C8H12O2. The SMILES string of the molecule is CC=C(C(=O)OC)C1CC1. The van der Waals surface area contributed by atoms with Gasteiger partial charge in [-0.15, -0.1) is 0 Å². The van der Waals surface area contributed by atoms with Crippen molar-refractivity contribution < 1.29 is 9.53 Å². The highest BCUT2D eigenvalue weighted by atomic mass is 16.5. The predicted molar refractivity (Wildman–Crippen MR) is 38.5 cm³/mol. The number of hydrogen-bond acceptors (Lipinski definition) is 2. The van der Waals surface area contributed by atoms with Crippen LogP contribution in [0.3, 0.4) is 0 Å². The van der Waals surface area contributed by atoms with Crippen LogP contribution >= 0.6 is 0 Å². The second-order valence-corrected chi connectivity index (χ2v) is 2.51. The molecule has 0 unspecified atom stereocenters. The van der Waals surface area contributed by atoms with E-state index in [2.05, 4.69) is 4.74 Å². The maximum atomic E-state index is 10.9. The Labute approximate surface area is 60.9 Å². The van der Waals surface area contributed by atoms with E-state index in [0.717, 1.165) is 18.4 Å². The topological polar surface area (TPSA) is 26.3 Å². The standard InChI is InChI=1S/C8H12O2/c1-3-7(6-4-5-6)8(9)10-2/h3,6H,4-5H2,1-2H3. The van der Waals surface area contributed by atoms with Crippen LogP contribution in [0, 0.1) is 5.92 Å². The number of carbonyl (C=O) groups excluding carboxylic acids is 1. The van der Waals surface area contributed by atoms with E-state index >= 15 is 0 Å². The maximum absolute atomic E-state index is 10.9. The molecule has 1 saturated carbocycles. The molecule has 2 nitrogen and oxygen atoms in total. The van der Waals surface area contributed by atoms with Crippen LogP contribution in [0.25, 0.3) is 0 Å². The number of methoxy groups -OCH3 is 1. The van der Waals surface area contributed by atoms with Crippen molar-refractivity contribution in [3.8, 4) is 0 Å². The van der Waals surface area contributed by atoms with Crippen LogP contribution in [0.4, 0.5) is 0 Å². The zero-order chi connectivity index (χ0) is 7.56. The van der Waals surface area contributed by atoms with Crippen LogP contribution in [-0.2, 0) is 9.53 Å². The number of carbonyl (C=O) groups is 1. The summed E-state index contributed by atoms with van der Waals surface area (Å²) in [5.74, 6) is 0.336. The lowest BCUT2D eigenvalue weighted by Crippen LogP contribution is -2.05. The number of rotatable bonds is 2. The van der Waals surface area contributed by atoms with Gasteiger partial charge in [0, 0.05) is 5.57 Å². The highest BCUT2D eigenvalue weighted by Gasteiger charge is 2.29. The summed E-state index contributed by atoms with van der Waals surface area (Å²) in [6, 6.07) is 0. The third-order valence-electron chi connectivity index (χ3n) is 1.75. The molecule has 0 aromatic carbocycles. The molecule has 0 spiro atoms. The van der Waals surface area contributed by atoms with Crippen molar-refractivity contribution in [3.63, 3.8) is 0 Å². The first kappa shape index (κ1) is 7.32. The fraction of sp³-hybridized carbons (Fsp3) is 0.625. The maximum Gasteiger partial charge on any atom is 0.333 e. The van der Waals surface area contributed by atoms with Crippen LogP contribution in [0.2, 0.25) is 0 Å². The van der Waals surface area contributed by atoms with E-state index in [1.807, 2.05) is 13.0 Å². The fourth-order valence-electron chi connectivity index (χ4n) is 1.03. The summed E-state index contributed by atoms with van der Waals surface area (Å²) < 4.78 is 4.60. The smallest absolute Gasteiger partial charge is 0.333 e. The molecule has 0 aromatic heterocycles. The quantitative estimate of drug-likeness (QED) is 0.429. The minimum absolute atomic E-state index is 0.162. The lowest BCUT2D eigenvalue weighted by molar-refractivity contribution is -0.136. The predicted octanol–water partition coefficient (Wildman–Crippen LogP) is 1.52. The van der Waals surface area contributed by atoms with Crippen molar-refractivity contribution in [2.75, 3.05) is 7.11 Å². The molecule has 0 radical (unpaired) electrons. The van der Waals surface area contributed by atoms with Crippen LogP contribution in [0.1, 0.15) is 19.8 Å². The summed E-state index contributed by atoms with van der Waals surface area (Å²) in [7, 11) is 1.42. The molecule has 0 aromatic rings.